The lowest BCUT2D eigenvalue weighted by atomic mass is 9.84. The summed E-state index contributed by atoms with van der Waals surface area (Å²) in [6.45, 7) is 11.2. The minimum absolute atomic E-state index is 1.25. The van der Waals surface area contributed by atoms with E-state index < -0.39 is 0 Å². The molecule has 0 fully saturated rings. The van der Waals surface area contributed by atoms with Crippen molar-refractivity contribution in [2.75, 3.05) is 0 Å². The first-order chi connectivity index (χ1) is 28.9. The number of benzene rings is 10. The smallest absolute Gasteiger partial charge is 0.000719 e. The Morgan fingerprint density at radius 2 is 0.780 bits per heavy atom. The van der Waals surface area contributed by atoms with Gasteiger partial charge in [-0.3, -0.25) is 0 Å². The fourth-order valence-corrected chi connectivity index (χ4v) is 11.3. The average Bonchev–Trinajstić information content (AvgIpc) is 3.74. The van der Waals surface area contributed by atoms with Gasteiger partial charge in [0.15, 0.2) is 0 Å². The molecule has 0 aliphatic heterocycles. The fourth-order valence-electron chi connectivity index (χ4n) is 11.3. The summed E-state index contributed by atoms with van der Waals surface area (Å²) < 4.78 is 0. The first-order valence-corrected chi connectivity index (χ1v) is 20.9. The van der Waals surface area contributed by atoms with Crippen molar-refractivity contribution in [3.05, 3.63) is 192 Å². The van der Waals surface area contributed by atoms with Gasteiger partial charge in [0, 0.05) is 0 Å². The van der Waals surface area contributed by atoms with E-state index in [2.05, 4.69) is 198 Å². The van der Waals surface area contributed by atoms with E-state index in [-0.39, 0.29) is 0 Å². The van der Waals surface area contributed by atoms with Gasteiger partial charge in [-0.25, -0.2) is 0 Å². The second-order valence-corrected chi connectivity index (χ2v) is 17.0. The highest BCUT2D eigenvalue weighted by molar-refractivity contribution is 6.45. The van der Waals surface area contributed by atoms with Crippen molar-refractivity contribution in [1.29, 1.82) is 0 Å². The summed E-state index contributed by atoms with van der Waals surface area (Å²) >= 11 is 0. The molecule has 0 atom stereocenters. The van der Waals surface area contributed by atoms with Crippen LogP contribution in [0.15, 0.2) is 164 Å². The summed E-state index contributed by atoms with van der Waals surface area (Å²) in [4.78, 5) is 0. The standard InChI is InChI=1S/C59H42/c1-33-29-36(4)52(37(5)30-33)44-27-28-47-55-42(44)21-13-24-46(55)59-54(39-19-10-7-11-20-39)57-45-23-14-22-43-48-31-40(51-34(2)15-12-16-35(51)3)25-26-41(48)49(56(43)45)32-50(57)53(58(47)59)38-17-8-6-9-18-38/h6-32H,1-5H3. The van der Waals surface area contributed by atoms with Crippen molar-refractivity contribution in [2.45, 2.75) is 34.6 Å². The van der Waals surface area contributed by atoms with E-state index in [9.17, 15) is 0 Å². The maximum atomic E-state index is 2.55. The second-order valence-electron chi connectivity index (χ2n) is 17.0. The molecule has 0 aromatic heterocycles. The van der Waals surface area contributed by atoms with Crippen LogP contribution in [0.1, 0.15) is 27.8 Å². The molecule has 0 unspecified atom stereocenters. The van der Waals surface area contributed by atoms with Crippen LogP contribution >= 0.6 is 0 Å². The predicted molar refractivity (Wildman–Crippen MR) is 257 cm³/mol. The molecular formula is C59H42. The molecule has 0 spiro atoms. The van der Waals surface area contributed by atoms with Crippen LogP contribution in [0.25, 0.3) is 120 Å². The highest BCUT2D eigenvalue weighted by Gasteiger charge is 2.27. The van der Waals surface area contributed by atoms with Crippen molar-refractivity contribution in [3.63, 3.8) is 0 Å². The number of rotatable bonds is 4. The van der Waals surface area contributed by atoms with E-state index in [0.29, 0.717) is 0 Å². The predicted octanol–water partition coefficient (Wildman–Crippen LogP) is 16.8. The Kier molecular flexibility index (Phi) is 7.21. The minimum Gasteiger partial charge on any atom is -0.0622 e. The third-order valence-corrected chi connectivity index (χ3v) is 13.5. The molecule has 0 saturated carbocycles. The van der Waals surface area contributed by atoms with Crippen LogP contribution in [-0.2, 0) is 0 Å². The van der Waals surface area contributed by atoms with Crippen LogP contribution in [0, 0.1) is 34.6 Å². The Balaban J connectivity index is 1.31. The summed E-state index contributed by atoms with van der Waals surface area (Å²) in [5.41, 5.74) is 17.0. The molecular weight excluding hydrogens is 709 g/mol. The van der Waals surface area contributed by atoms with Gasteiger partial charge >= 0.3 is 0 Å². The van der Waals surface area contributed by atoms with E-state index in [1.54, 1.807) is 0 Å². The molecule has 12 aromatic carbocycles. The van der Waals surface area contributed by atoms with Crippen LogP contribution in [0.5, 0.6) is 0 Å². The summed E-state index contributed by atoms with van der Waals surface area (Å²) in [5.74, 6) is 0. The SMILES string of the molecule is Cc1cc(C)c(-c2ccc3c4c(-c5ccccc5)c5cc6c7ccc(-c8c(C)cccc8C)cc7c7cccc(c5c(-c5ccccc5)c4c4cccc2c34)c76)c(C)c1. The molecule has 0 aliphatic carbocycles. The van der Waals surface area contributed by atoms with Crippen molar-refractivity contribution in [2.24, 2.45) is 0 Å². The van der Waals surface area contributed by atoms with Crippen LogP contribution in [0.3, 0.4) is 0 Å². The molecule has 0 aliphatic rings. The van der Waals surface area contributed by atoms with Gasteiger partial charge < -0.3 is 0 Å². The second kappa shape index (κ2) is 12.5. The van der Waals surface area contributed by atoms with Gasteiger partial charge in [-0.15, -0.1) is 0 Å². The molecule has 0 heterocycles. The van der Waals surface area contributed by atoms with Crippen molar-refractivity contribution in [1.82, 2.24) is 0 Å². The summed E-state index contributed by atoms with van der Waals surface area (Å²) in [6.07, 6.45) is 0. The molecule has 278 valence electrons. The van der Waals surface area contributed by atoms with Gasteiger partial charge in [0.05, 0.1) is 0 Å². The van der Waals surface area contributed by atoms with Crippen LogP contribution < -0.4 is 0 Å². The Hall–Kier alpha value is -7.02. The molecule has 0 radical (unpaired) electrons. The molecule has 0 bridgehead atoms. The van der Waals surface area contributed by atoms with Gasteiger partial charge in [0.2, 0.25) is 0 Å². The largest absolute Gasteiger partial charge is 0.0622 e. The van der Waals surface area contributed by atoms with Gasteiger partial charge in [-0.2, -0.15) is 0 Å². The summed E-state index contributed by atoms with van der Waals surface area (Å²) in [6, 6.07) is 62.3. The van der Waals surface area contributed by atoms with Crippen molar-refractivity contribution in [3.8, 4) is 44.5 Å². The Morgan fingerprint density at radius 1 is 0.237 bits per heavy atom. The normalized spacial score (nSPS) is 12.2. The minimum atomic E-state index is 1.25. The van der Waals surface area contributed by atoms with E-state index in [1.165, 1.54) is 148 Å². The number of aryl methyl sites for hydroxylation is 5. The zero-order valence-electron chi connectivity index (χ0n) is 34.1. The first-order valence-electron chi connectivity index (χ1n) is 20.9. The highest BCUT2D eigenvalue weighted by Crippen LogP contribution is 2.55. The number of hydrogen-bond acceptors (Lipinski definition) is 0. The van der Waals surface area contributed by atoms with E-state index in [0.717, 1.165) is 0 Å². The third-order valence-electron chi connectivity index (χ3n) is 13.5. The molecule has 12 aromatic rings. The van der Waals surface area contributed by atoms with E-state index >= 15 is 0 Å². The lowest BCUT2D eigenvalue weighted by Crippen LogP contribution is -1.91. The Labute approximate surface area is 344 Å². The van der Waals surface area contributed by atoms with E-state index in [1.807, 2.05) is 0 Å². The first kappa shape index (κ1) is 34.1. The number of fused-ring (bicyclic) bond motifs is 8. The van der Waals surface area contributed by atoms with Gasteiger partial charge in [0.25, 0.3) is 0 Å². The maximum absolute atomic E-state index is 2.55. The van der Waals surface area contributed by atoms with Gasteiger partial charge in [-0.05, 0) is 189 Å². The van der Waals surface area contributed by atoms with Crippen molar-refractivity contribution >= 4 is 75.4 Å². The van der Waals surface area contributed by atoms with E-state index in [4.69, 9.17) is 0 Å². The van der Waals surface area contributed by atoms with Crippen molar-refractivity contribution < 1.29 is 0 Å². The lowest BCUT2D eigenvalue weighted by Gasteiger charge is -2.19. The quantitative estimate of drug-likeness (QED) is 0.157. The Morgan fingerprint density at radius 3 is 1.47 bits per heavy atom. The van der Waals surface area contributed by atoms with Crippen LogP contribution in [0.4, 0.5) is 0 Å². The highest BCUT2D eigenvalue weighted by atomic mass is 14.3. The molecule has 0 saturated heterocycles. The zero-order valence-corrected chi connectivity index (χ0v) is 34.1. The van der Waals surface area contributed by atoms with Gasteiger partial charge in [0.1, 0.15) is 0 Å². The molecule has 0 N–H and O–H groups in total. The van der Waals surface area contributed by atoms with Crippen LogP contribution in [-0.4, -0.2) is 0 Å². The Bertz CT molecular complexity index is 3640. The fraction of sp³-hybridized carbons (Fsp3) is 0.0847. The molecule has 59 heavy (non-hydrogen) atoms. The topological polar surface area (TPSA) is 0 Å². The monoisotopic (exact) mass is 750 g/mol. The summed E-state index contributed by atoms with van der Waals surface area (Å²) in [7, 11) is 0. The molecule has 0 heteroatoms. The maximum Gasteiger partial charge on any atom is -0.000719 e. The lowest BCUT2D eigenvalue weighted by molar-refractivity contribution is 1.32. The molecule has 0 amide bonds. The number of hydrogen-bond donors (Lipinski definition) is 0. The van der Waals surface area contributed by atoms with Gasteiger partial charge in [-0.1, -0.05) is 157 Å². The molecule has 0 nitrogen and oxygen atoms in total. The van der Waals surface area contributed by atoms with Crippen LogP contribution in [0.2, 0.25) is 0 Å². The average molecular weight is 751 g/mol. The molecule has 12 rings (SSSR count). The third kappa shape index (κ3) is 4.72. The zero-order chi connectivity index (χ0) is 39.7. The summed E-state index contributed by atoms with van der Waals surface area (Å²) in [5, 5.41) is 18.6.